The van der Waals surface area contributed by atoms with Gasteiger partial charge in [-0.2, -0.15) is 0 Å². The molecule has 1 aromatic rings. The minimum absolute atomic E-state index is 0. The first-order chi connectivity index (χ1) is 4.50. The molecule has 0 bridgehead atoms. The van der Waals surface area contributed by atoms with Crippen molar-refractivity contribution < 1.29 is 42.5 Å². The van der Waals surface area contributed by atoms with Gasteiger partial charge in [0.05, 0.1) is 11.2 Å². The number of H-pyrrole nitrogens is 1. The van der Waals surface area contributed by atoms with E-state index in [1.165, 1.54) is 0 Å². The van der Waals surface area contributed by atoms with Crippen molar-refractivity contribution in [1.29, 1.82) is 0 Å². The van der Waals surface area contributed by atoms with Crippen LogP contribution in [0.1, 0.15) is 0 Å². The third-order valence-electron chi connectivity index (χ3n) is 0.776. The molecule has 0 aromatic carbocycles. The summed E-state index contributed by atoms with van der Waals surface area (Å²) in [7, 11) is -4.45. The van der Waals surface area contributed by atoms with Gasteiger partial charge in [0.1, 0.15) is 0 Å². The van der Waals surface area contributed by atoms with Gasteiger partial charge in [0.15, 0.2) is 10.1 Å². The van der Waals surface area contributed by atoms with Crippen molar-refractivity contribution in [3.63, 3.8) is 0 Å². The van der Waals surface area contributed by atoms with E-state index in [-0.39, 0.29) is 34.6 Å². The molecule has 56 valence electrons. The number of thiol groups is 1. The summed E-state index contributed by atoms with van der Waals surface area (Å²) >= 11 is 3.72. The van der Waals surface area contributed by atoms with E-state index in [1.54, 1.807) is 0 Å². The summed E-state index contributed by atoms with van der Waals surface area (Å²) in [4.78, 5) is 5.42. The van der Waals surface area contributed by atoms with Crippen molar-refractivity contribution in [2.24, 2.45) is 0 Å². The summed E-state index contributed by atoms with van der Waals surface area (Å²) in [5, 5.41) is -0.355. The summed E-state index contributed by atoms with van der Waals surface area (Å²) in [6, 6.07) is 0. The number of hydrogen-bond acceptors (Lipinski definition) is 5. The molecular weight excluding hydrogens is 199 g/mol. The maximum atomic E-state index is 10.2. The average Bonchev–Trinajstić information content (AvgIpc) is 2.11. The fraction of sp³-hybridized carbons (Fsp3) is 0. The normalized spacial score (nSPS) is 10.7. The van der Waals surface area contributed by atoms with E-state index in [0.29, 0.717) is 0 Å². The molecule has 0 aliphatic rings. The summed E-state index contributed by atoms with van der Waals surface area (Å²) in [6.45, 7) is 0. The zero-order valence-electron chi connectivity index (χ0n) is 5.60. The van der Waals surface area contributed by atoms with Crippen LogP contribution in [0.4, 0.5) is 0 Å². The maximum absolute atomic E-state index is 10.2. The number of aromatic nitrogens is 2. The summed E-state index contributed by atoms with van der Waals surface area (Å²) < 4.78 is 30.5. The van der Waals surface area contributed by atoms with Crippen LogP contribution in [0.15, 0.2) is 16.4 Å². The van der Waals surface area contributed by atoms with Crippen LogP contribution in [0.3, 0.4) is 0 Å². The third kappa shape index (κ3) is 3.14. The van der Waals surface area contributed by atoms with E-state index in [2.05, 4.69) is 22.6 Å². The van der Waals surface area contributed by atoms with E-state index in [4.69, 9.17) is 0 Å². The molecule has 8 heteroatoms. The average molecular weight is 202 g/mol. The zero-order valence-corrected chi connectivity index (χ0v) is 9.32. The van der Waals surface area contributed by atoms with Gasteiger partial charge >= 0.3 is 29.6 Å². The molecular formula is C3H3N2NaO3S2. The van der Waals surface area contributed by atoms with Crippen molar-refractivity contribution in [2.45, 2.75) is 10.2 Å². The van der Waals surface area contributed by atoms with Gasteiger partial charge in [-0.15, -0.1) is 12.6 Å². The van der Waals surface area contributed by atoms with E-state index >= 15 is 0 Å². The van der Waals surface area contributed by atoms with Crippen molar-refractivity contribution in [3.05, 3.63) is 6.20 Å². The smallest absolute Gasteiger partial charge is 0.742 e. The van der Waals surface area contributed by atoms with E-state index in [9.17, 15) is 13.0 Å². The second-order valence-electron chi connectivity index (χ2n) is 1.53. The SMILES string of the molecule is O=S(=O)([O-])c1ncc(S)[nH]1.[Na+]. The molecule has 0 amide bonds. The topological polar surface area (TPSA) is 85.9 Å². The Morgan fingerprint density at radius 3 is 2.36 bits per heavy atom. The number of nitrogens with zero attached hydrogens (tertiary/aromatic N) is 1. The molecule has 0 aliphatic carbocycles. The van der Waals surface area contributed by atoms with Crippen LogP contribution in [0.5, 0.6) is 0 Å². The Labute approximate surface area is 91.1 Å². The molecule has 5 nitrogen and oxygen atoms in total. The molecule has 0 unspecified atom stereocenters. The molecule has 0 radical (unpaired) electrons. The first-order valence-corrected chi connectivity index (χ1v) is 4.05. The predicted octanol–water partition coefficient (Wildman–Crippen LogP) is -3.39. The fourth-order valence-electron chi connectivity index (χ4n) is 0.421. The Bertz CT molecular complexity index is 332. The summed E-state index contributed by atoms with van der Waals surface area (Å²) in [5.41, 5.74) is 0. The van der Waals surface area contributed by atoms with Gasteiger partial charge < -0.3 is 9.54 Å². The molecule has 0 atom stereocenters. The minimum Gasteiger partial charge on any atom is -0.742 e. The number of imidazole rings is 1. The molecule has 11 heavy (non-hydrogen) atoms. The number of rotatable bonds is 1. The fourth-order valence-corrected chi connectivity index (χ4v) is 1.08. The molecule has 1 rings (SSSR count). The Kier molecular flexibility index (Phi) is 4.09. The first-order valence-electron chi connectivity index (χ1n) is 2.20. The van der Waals surface area contributed by atoms with Crippen LogP contribution >= 0.6 is 12.6 Å². The van der Waals surface area contributed by atoms with Gasteiger partial charge in [0.2, 0.25) is 5.16 Å². The van der Waals surface area contributed by atoms with Crippen molar-refractivity contribution in [2.75, 3.05) is 0 Å². The molecule has 0 saturated heterocycles. The van der Waals surface area contributed by atoms with Crippen LogP contribution < -0.4 is 29.6 Å². The van der Waals surface area contributed by atoms with E-state index < -0.39 is 15.3 Å². The molecule has 0 spiro atoms. The largest absolute Gasteiger partial charge is 1.00 e. The molecule has 0 aliphatic heterocycles. The second-order valence-corrected chi connectivity index (χ2v) is 3.30. The van der Waals surface area contributed by atoms with Gasteiger partial charge in [-0.1, -0.05) is 0 Å². The Hall–Kier alpha value is 0.470. The third-order valence-corrected chi connectivity index (χ3v) is 1.68. The van der Waals surface area contributed by atoms with Crippen molar-refractivity contribution >= 4 is 22.7 Å². The summed E-state index contributed by atoms with van der Waals surface area (Å²) in [6.07, 6.45) is 1.15. The first kappa shape index (κ1) is 11.5. The number of aromatic amines is 1. The van der Waals surface area contributed by atoms with Crippen LogP contribution in [0.25, 0.3) is 0 Å². The van der Waals surface area contributed by atoms with Crippen LogP contribution in [-0.2, 0) is 10.1 Å². The van der Waals surface area contributed by atoms with Gasteiger partial charge in [0.25, 0.3) is 0 Å². The van der Waals surface area contributed by atoms with Crippen LogP contribution in [0.2, 0.25) is 0 Å². The van der Waals surface area contributed by atoms with Crippen molar-refractivity contribution in [3.8, 4) is 0 Å². The maximum Gasteiger partial charge on any atom is 1.00 e. The monoisotopic (exact) mass is 202 g/mol. The predicted molar refractivity (Wildman–Crippen MR) is 33.8 cm³/mol. The Morgan fingerprint density at radius 1 is 1.64 bits per heavy atom. The van der Waals surface area contributed by atoms with E-state index in [0.717, 1.165) is 6.20 Å². The van der Waals surface area contributed by atoms with Crippen LogP contribution in [-0.4, -0.2) is 22.9 Å². The van der Waals surface area contributed by atoms with Gasteiger partial charge in [-0.05, 0) is 0 Å². The summed E-state index contributed by atoms with van der Waals surface area (Å²) in [5.74, 6) is 0. The minimum atomic E-state index is -4.45. The van der Waals surface area contributed by atoms with Crippen LogP contribution in [0, 0.1) is 0 Å². The number of nitrogens with one attached hydrogen (secondary N) is 1. The molecule has 1 N–H and O–H groups in total. The quantitative estimate of drug-likeness (QED) is 0.282. The van der Waals surface area contributed by atoms with Crippen molar-refractivity contribution in [1.82, 2.24) is 9.97 Å². The number of hydrogen-bond donors (Lipinski definition) is 2. The second kappa shape index (κ2) is 3.92. The molecule has 1 aromatic heterocycles. The molecule has 0 saturated carbocycles. The molecule has 1 heterocycles. The Morgan fingerprint density at radius 2 is 2.18 bits per heavy atom. The zero-order chi connectivity index (χ0) is 7.78. The Balaban J connectivity index is 0.000001000. The van der Waals surface area contributed by atoms with E-state index in [1.807, 2.05) is 0 Å². The molecule has 0 fully saturated rings. The van der Waals surface area contributed by atoms with Gasteiger partial charge in [0, 0.05) is 0 Å². The van der Waals surface area contributed by atoms with Gasteiger partial charge in [-0.25, -0.2) is 13.4 Å². The van der Waals surface area contributed by atoms with Gasteiger partial charge in [-0.3, -0.25) is 0 Å². The standard InChI is InChI=1S/C3H4N2O3S2.Na/c6-10(7,8)3-4-1-2(9)5-3;/h1,9H,(H,4,5)(H,6,7,8);/q;+1/p-1.